The Morgan fingerprint density at radius 3 is 2.83 bits per heavy atom. The van der Waals surface area contributed by atoms with Crippen LogP contribution in [0.15, 0.2) is 22.7 Å². The predicted octanol–water partition coefficient (Wildman–Crippen LogP) is 4.06. The van der Waals surface area contributed by atoms with E-state index in [0.29, 0.717) is 0 Å². The van der Waals surface area contributed by atoms with Gasteiger partial charge in [0.1, 0.15) is 5.75 Å². The molecule has 1 fully saturated rings. The maximum atomic E-state index is 5.80. The highest BCUT2D eigenvalue weighted by atomic mass is 79.9. The van der Waals surface area contributed by atoms with Crippen LogP contribution in [-0.4, -0.2) is 19.2 Å². The topological polar surface area (TPSA) is 21.3 Å². The van der Waals surface area contributed by atoms with Gasteiger partial charge in [-0.3, -0.25) is 0 Å². The van der Waals surface area contributed by atoms with E-state index in [1.165, 1.54) is 31.2 Å². The Morgan fingerprint density at radius 1 is 1.33 bits per heavy atom. The number of rotatable bonds is 6. The lowest BCUT2D eigenvalue weighted by atomic mass is 10.2. The van der Waals surface area contributed by atoms with Crippen LogP contribution in [0.4, 0.5) is 0 Å². The summed E-state index contributed by atoms with van der Waals surface area (Å²) < 4.78 is 6.90. The zero-order chi connectivity index (χ0) is 12.8. The second kappa shape index (κ2) is 7.15. The largest absolute Gasteiger partial charge is 0.493 e. The van der Waals surface area contributed by atoms with Crippen molar-refractivity contribution >= 4 is 15.9 Å². The summed E-state index contributed by atoms with van der Waals surface area (Å²) in [7, 11) is 0. The van der Waals surface area contributed by atoms with Crippen molar-refractivity contribution in [2.75, 3.05) is 13.2 Å². The van der Waals surface area contributed by atoms with Gasteiger partial charge in [0, 0.05) is 10.5 Å². The van der Waals surface area contributed by atoms with Gasteiger partial charge < -0.3 is 10.1 Å². The minimum atomic E-state index is 0.763. The monoisotopic (exact) mass is 311 g/mol. The summed E-state index contributed by atoms with van der Waals surface area (Å²) in [5.74, 6) is 0.999. The number of aryl methyl sites for hydroxylation is 1. The Balaban J connectivity index is 1.62. The van der Waals surface area contributed by atoms with Crippen molar-refractivity contribution in [3.05, 3.63) is 28.2 Å². The highest BCUT2D eigenvalue weighted by molar-refractivity contribution is 9.10. The van der Waals surface area contributed by atoms with Gasteiger partial charge in [0.05, 0.1) is 6.61 Å². The summed E-state index contributed by atoms with van der Waals surface area (Å²) in [5.41, 5.74) is 1.19. The Labute approximate surface area is 118 Å². The van der Waals surface area contributed by atoms with Crippen molar-refractivity contribution in [3.63, 3.8) is 0 Å². The summed E-state index contributed by atoms with van der Waals surface area (Å²) in [6, 6.07) is 6.91. The van der Waals surface area contributed by atoms with Crippen LogP contribution in [0.3, 0.4) is 0 Å². The van der Waals surface area contributed by atoms with Crippen LogP contribution < -0.4 is 10.1 Å². The molecule has 1 aromatic carbocycles. The standard InChI is InChI=1S/C15H22BrNO/c1-12-11-13(16)7-8-15(12)18-10-4-9-17-14-5-2-3-6-14/h7-8,11,14,17H,2-6,9-10H2,1H3. The molecule has 2 rings (SSSR count). The number of hydrogen-bond donors (Lipinski definition) is 1. The lowest BCUT2D eigenvalue weighted by Gasteiger charge is -2.13. The van der Waals surface area contributed by atoms with Crippen LogP contribution in [0, 0.1) is 6.92 Å². The molecular weight excluding hydrogens is 290 g/mol. The summed E-state index contributed by atoms with van der Waals surface area (Å²) in [5, 5.41) is 3.60. The smallest absolute Gasteiger partial charge is 0.122 e. The molecule has 0 saturated heterocycles. The third-order valence-corrected chi connectivity index (χ3v) is 4.00. The molecular formula is C15H22BrNO. The SMILES string of the molecule is Cc1cc(Br)ccc1OCCCNC1CCCC1. The van der Waals surface area contributed by atoms with Gasteiger partial charge in [-0.05, 0) is 56.5 Å². The zero-order valence-electron chi connectivity index (χ0n) is 11.0. The summed E-state index contributed by atoms with van der Waals surface area (Å²) >= 11 is 3.46. The van der Waals surface area contributed by atoms with Crippen molar-refractivity contribution in [2.24, 2.45) is 0 Å². The number of halogens is 1. The minimum absolute atomic E-state index is 0.763. The lowest BCUT2D eigenvalue weighted by molar-refractivity contribution is 0.303. The molecule has 0 bridgehead atoms. The van der Waals surface area contributed by atoms with Crippen LogP contribution in [0.5, 0.6) is 5.75 Å². The Kier molecular flexibility index (Phi) is 5.51. The van der Waals surface area contributed by atoms with Crippen LogP contribution in [0.1, 0.15) is 37.7 Å². The normalized spacial score (nSPS) is 16.1. The molecule has 0 aliphatic heterocycles. The van der Waals surface area contributed by atoms with Gasteiger partial charge in [0.15, 0.2) is 0 Å². The van der Waals surface area contributed by atoms with E-state index < -0.39 is 0 Å². The van der Waals surface area contributed by atoms with Crippen LogP contribution >= 0.6 is 15.9 Å². The first-order valence-electron chi connectivity index (χ1n) is 6.88. The fraction of sp³-hybridized carbons (Fsp3) is 0.600. The van der Waals surface area contributed by atoms with E-state index in [9.17, 15) is 0 Å². The molecule has 0 aromatic heterocycles. The van der Waals surface area contributed by atoms with E-state index in [4.69, 9.17) is 4.74 Å². The molecule has 1 aliphatic rings. The molecule has 0 atom stereocenters. The van der Waals surface area contributed by atoms with Gasteiger partial charge in [0.25, 0.3) is 0 Å². The van der Waals surface area contributed by atoms with Crippen molar-refractivity contribution < 1.29 is 4.74 Å². The third-order valence-electron chi connectivity index (χ3n) is 3.50. The first-order valence-corrected chi connectivity index (χ1v) is 7.67. The van der Waals surface area contributed by atoms with Crippen molar-refractivity contribution in [1.29, 1.82) is 0 Å². The van der Waals surface area contributed by atoms with E-state index in [1.54, 1.807) is 0 Å². The average molecular weight is 312 g/mol. The van der Waals surface area contributed by atoms with Crippen molar-refractivity contribution in [3.8, 4) is 5.75 Å². The lowest BCUT2D eigenvalue weighted by Crippen LogP contribution is -2.27. The second-order valence-electron chi connectivity index (χ2n) is 5.05. The van der Waals surface area contributed by atoms with E-state index in [2.05, 4.69) is 34.2 Å². The van der Waals surface area contributed by atoms with Gasteiger partial charge in [-0.15, -0.1) is 0 Å². The van der Waals surface area contributed by atoms with Gasteiger partial charge in [-0.25, -0.2) is 0 Å². The molecule has 1 saturated carbocycles. The maximum absolute atomic E-state index is 5.80. The second-order valence-corrected chi connectivity index (χ2v) is 5.96. The predicted molar refractivity (Wildman–Crippen MR) is 79.2 cm³/mol. The van der Waals surface area contributed by atoms with Gasteiger partial charge >= 0.3 is 0 Å². The zero-order valence-corrected chi connectivity index (χ0v) is 12.6. The quantitative estimate of drug-likeness (QED) is 0.800. The summed E-state index contributed by atoms with van der Waals surface area (Å²) in [6.45, 7) is 3.94. The molecule has 1 aromatic rings. The van der Waals surface area contributed by atoms with Crippen molar-refractivity contribution in [1.82, 2.24) is 5.32 Å². The molecule has 0 heterocycles. The average Bonchev–Trinajstić information content (AvgIpc) is 2.84. The molecule has 0 radical (unpaired) electrons. The fourth-order valence-electron chi connectivity index (χ4n) is 2.47. The first kappa shape index (κ1) is 13.9. The highest BCUT2D eigenvalue weighted by Gasteiger charge is 2.13. The van der Waals surface area contributed by atoms with Gasteiger partial charge in [-0.2, -0.15) is 0 Å². The Hall–Kier alpha value is -0.540. The maximum Gasteiger partial charge on any atom is 0.122 e. The number of hydrogen-bond acceptors (Lipinski definition) is 2. The molecule has 0 spiro atoms. The molecule has 1 aliphatic carbocycles. The van der Waals surface area contributed by atoms with Crippen LogP contribution in [-0.2, 0) is 0 Å². The number of nitrogens with one attached hydrogen (secondary N) is 1. The summed E-state index contributed by atoms with van der Waals surface area (Å²) in [6.07, 6.45) is 6.57. The van der Waals surface area contributed by atoms with E-state index >= 15 is 0 Å². The molecule has 0 unspecified atom stereocenters. The molecule has 2 nitrogen and oxygen atoms in total. The van der Waals surface area contributed by atoms with Crippen molar-refractivity contribution in [2.45, 2.75) is 45.1 Å². The summed E-state index contributed by atoms with van der Waals surface area (Å²) in [4.78, 5) is 0. The molecule has 18 heavy (non-hydrogen) atoms. The number of benzene rings is 1. The van der Waals surface area contributed by atoms with E-state index in [1.807, 2.05) is 12.1 Å². The fourth-order valence-corrected chi connectivity index (χ4v) is 2.94. The van der Waals surface area contributed by atoms with E-state index in [-0.39, 0.29) is 0 Å². The third kappa shape index (κ3) is 4.29. The Morgan fingerprint density at radius 2 is 2.11 bits per heavy atom. The molecule has 1 N–H and O–H groups in total. The number of ether oxygens (including phenoxy) is 1. The van der Waals surface area contributed by atoms with Crippen LogP contribution in [0.2, 0.25) is 0 Å². The Bertz CT molecular complexity index is 375. The van der Waals surface area contributed by atoms with Crippen LogP contribution in [0.25, 0.3) is 0 Å². The van der Waals surface area contributed by atoms with Gasteiger partial charge in [0.2, 0.25) is 0 Å². The molecule has 3 heteroatoms. The van der Waals surface area contributed by atoms with E-state index in [0.717, 1.165) is 35.8 Å². The molecule has 100 valence electrons. The molecule has 0 amide bonds. The highest BCUT2D eigenvalue weighted by Crippen LogP contribution is 2.22. The first-order chi connectivity index (χ1) is 8.75. The van der Waals surface area contributed by atoms with Gasteiger partial charge in [-0.1, -0.05) is 28.8 Å². The minimum Gasteiger partial charge on any atom is -0.493 e.